The first-order chi connectivity index (χ1) is 7.16. The maximum absolute atomic E-state index is 4.14. The molecule has 1 aromatic heterocycles. The summed E-state index contributed by atoms with van der Waals surface area (Å²) in [6.07, 6.45) is 4.04. The van der Waals surface area contributed by atoms with Crippen molar-refractivity contribution < 1.29 is 0 Å². The van der Waals surface area contributed by atoms with Crippen LogP contribution in [-0.4, -0.2) is 16.2 Å². The lowest BCUT2D eigenvalue weighted by atomic mass is 9.79. The van der Waals surface area contributed by atoms with E-state index in [1.165, 1.54) is 19.3 Å². The molecule has 2 unspecified atom stereocenters. The van der Waals surface area contributed by atoms with Gasteiger partial charge in [-0.25, -0.2) is 0 Å². The van der Waals surface area contributed by atoms with Crippen LogP contribution in [0.5, 0.6) is 0 Å². The first kappa shape index (κ1) is 10.9. The van der Waals surface area contributed by atoms with Crippen molar-refractivity contribution in [2.45, 2.75) is 46.1 Å². The molecule has 0 aliphatic heterocycles. The summed E-state index contributed by atoms with van der Waals surface area (Å²) >= 11 is 1.65. The molecule has 0 bridgehead atoms. The number of aromatic nitrogens is 2. The van der Waals surface area contributed by atoms with Crippen molar-refractivity contribution in [3.63, 3.8) is 0 Å². The van der Waals surface area contributed by atoms with E-state index in [-0.39, 0.29) is 0 Å². The number of rotatable bonds is 2. The van der Waals surface area contributed by atoms with Gasteiger partial charge in [-0.3, -0.25) is 0 Å². The van der Waals surface area contributed by atoms with Crippen LogP contribution in [0, 0.1) is 18.8 Å². The molecule has 84 valence electrons. The van der Waals surface area contributed by atoms with Crippen molar-refractivity contribution in [3.8, 4) is 0 Å². The summed E-state index contributed by atoms with van der Waals surface area (Å²) in [6, 6.07) is 0.575. The number of hydrogen-bond donors (Lipinski definition) is 1. The molecule has 0 amide bonds. The fraction of sp³-hybridized carbons (Fsp3) is 0.818. The van der Waals surface area contributed by atoms with Crippen LogP contribution in [0.15, 0.2) is 0 Å². The van der Waals surface area contributed by atoms with Crippen molar-refractivity contribution >= 4 is 16.5 Å². The normalized spacial score (nSPS) is 31.5. The molecule has 15 heavy (non-hydrogen) atoms. The second kappa shape index (κ2) is 4.47. The first-order valence-electron chi connectivity index (χ1n) is 5.73. The minimum Gasteiger partial charge on any atom is -0.357 e. The van der Waals surface area contributed by atoms with E-state index in [1.54, 1.807) is 11.3 Å². The predicted octanol–water partition coefficient (Wildman–Crippen LogP) is 3.08. The predicted molar refractivity (Wildman–Crippen MR) is 64.2 cm³/mol. The highest BCUT2D eigenvalue weighted by Gasteiger charge is 2.28. The Bertz CT molecular complexity index is 313. The van der Waals surface area contributed by atoms with Crippen LogP contribution in [0.1, 0.15) is 38.1 Å². The van der Waals surface area contributed by atoms with E-state index in [1.807, 2.05) is 6.92 Å². The van der Waals surface area contributed by atoms with Gasteiger partial charge in [0.25, 0.3) is 0 Å². The van der Waals surface area contributed by atoms with Gasteiger partial charge in [-0.1, -0.05) is 31.6 Å². The van der Waals surface area contributed by atoms with Crippen molar-refractivity contribution in [1.29, 1.82) is 0 Å². The minimum absolute atomic E-state index is 0.575. The Morgan fingerprint density at radius 3 is 2.40 bits per heavy atom. The third-order valence-electron chi connectivity index (χ3n) is 3.36. The van der Waals surface area contributed by atoms with Gasteiger partial charge in [-0.2, -0.15) is 0 Å². The molecule has 1 aromatic rings. The Balaban J connectivity index is 2.03. The fourth-order valence-electron chi connectivity index (χ4n) is 2.46. The molecular weight excluding hydrogens is 206 g/mol. The largest absolute Gasteiger partial charge is 0.357 e. The second-order valence-electron chi connectivity index (χ2n) is 4.68. The molecule has 1 saturated carbocycles. The van der Waals surface area contributed by atoms with E-state index < -0.39 is 0 Å². The highest BCUT2D eigenvalue weighted by molar-refractivity contribution is 7.15. The van der Waals surface area contributed by atoms with Gasteiger partial charge in [-0.05, 0) is 31.6 Å². The lowest BCUT2D eigenvalue weighted by Crippen LogP contribution is -2.36. The lowest BCUT2D eigenvalue weighted by molar-refractivity contribution is 0.268. The van der Waals surface area contributed by atoms with Crippen LogP contribution < -0.4 is 5.32 Å². The van der Waals surface area contributed by atoms with Gasteiger partial charge in [0.15, 0.2) is 0 Å². The Labute approximate surface area is 95.3 Å². The first-order valence-corrected chi connectivity index (χ1v) is 6.55. The van der Waals surface area contributed by atoms with E-state index in [0.29, 0.717) is 6.04 Å². The smallest absolute Gasteiger partial charge is 0.205 e. The molecule has 0 spiro atoms. The molecule has 1 fully saturated rings. The fourth-order valence-corrected chi connectivity index (χ4v) is 3.10. The zero-order chi connectivity index (χ0) is 10.8. The molecule has 1 N–H and O–H groups in total. The van der Waals surface area contributed by atoms with E-state index in [4.69, 9.17) is 0 Å². The monoisotopic (exact) mass is 225 g/mol. The van der Waals surface area contributed by atoms with E-state index in [2.05, 4.69) is 29.4 Å². The summed E-state index contributed by atoms with van der Waals surface area (Å²) in [5, 5.41) is 13.7. The Hall–Kier alpha value is -0.640. The number of hydrogen-bond acceptors (Lipinski definition) is 4. The Kier molecular flexibility index (Phi) is 3.24. The second-order valence-corrected chi connectivity index (χ2v) is 5.86. The standard InChI is InChI=1S/C11H19N3S/c1-7-5-4-6-8(2)10(7)12-11-14-13-9(3)15-11/h7-8,10H,4-6H2,1-3H3,(H,12,14). The van der Waals surface area contributed by atoms with Crippen molar-refractivity contribution in [3.05, 3.63) is 5.01 Å². The summed E-state index contributed by atoms with van der Waals surface area (Å²) in [4.78, 5) is 0. The number of anilines is 1. The number of nitrogens with zero attached hydrogens (tertiary/aromatic N) is 2. The molecule has 2 rings (SSSR count). The molecule has 4 heteroatoms. The summed E-state index contributed by atoms with van der Waals surface area (Å²) in [5.74, 6) is 1.50. The van der Waals surface area contributed by atoms with Crippen LogP contribution in [-0.2, 0) is 0 Å². The average molecular weight is 225 g/mol. The van der Waals surface area contributed by atoms with Crippen molar-refractivity contribution in [2.75, 3.05) is 5.32 Å². The average Bonchev–Trinajstić information content (AvgIpc) is 2.58. The van der Waals surface area contributed by atoms with Crippen LogP contribution in [0.3, 0.4) is 0 Å². The third-order valence-corrected chi connectivity index (χ3v) is 4.13. The topological polar surface area (TPSA) is 37.8 Å². The maximum atomic E-state index is 4.14. The van der Waals surface area contributed by atoms with Crippen LogP contribution >= 0.6 is 11.3 Å². The molecule has 1 aliphatic rings. The third kappa shape index (κ3) is 2.48. The SMILES string of the molecule is Cc1nnc(NC2C(C)CCCC2C)s1. The Morgan fingerprint density at radius 2 is 1.87 bits per heavy atom. The van der Waals surface area contributed by atoms with Gasteiger partial charge in [0, 0.05) is 6.04 Å². The number of nitrogens with one attached hydrogen (secondary N) is 1. The van der Waals surface area contributed by atoms with Gasteiger partial charge in [0.05, 0.1) is 0 Å². The van der Waals surface area contributed by atoms with Gasteiger partial charge in [0.2, 0.25) is 5.13 Å². The molecule has 0 aromatic carbocycles. The van der Waals surface area contributed by atoms with Crippen LogP contribution in [0.25, 0.3) is 0 Å². The summed E-state index contributed by atoms with van der Waals surface area (Å²) < 4.78 is 0. The molecule has 1 heterocycles. The number of aryl methyl sites for hydroxylation is 1. The molecule has 0 radical (unpaired) electrons. The molecule has 2 atom stereocenters. The van der Waals surface area contributed by atoms with Crippen LogP contribution in [0.4, 0.5) is 5.13 Å². The molecular formula is C11H19N3S. The highest BCUT2D eigenvalue weighted by Crippen LogP contribution is 2.31. The Morgan fingerprint density at radius 1 is 1.20 bits per heavy atom. The summed E-state index contributed by atoms with van der Waals surface area (Å²) in [5.41, 5.74) is 0. The van der Waals surface area contributed by atoms with Crippen molar-refractivity contribution in [2.24, 2.45) is 11.8 Å². The summed E-state index contributed by atoms with van der Waals surface area (Å²) in [7, 11) is 0. The molecule has 1 aliphatic carbocycles. The van der Waals surface area contributed by atoms with Crippen molar-refractivity contribution in [1.82, 2.24) is 10.2 Å². The van der Waals surface area contributed by atoms with Gasteiger partial charge in [-0.15, -0.1) is 10.2 Å². The lowest BCUT2D eigenvalue weighted by Gasteiger charge is -2.34. The van der Waals surface area contributed by atoms with Gasteiger partial charge < -0.3 is 5.32 Å². The minimum atomic E-state index is 0.575. The molecule has 0 saturated heterocycles. The van der Waals surface area contributed by atoms with E-state index in [9.17, 15) is 0 Å². The summed E-state index contributed by atoms with van der Waals surface area (Å²) in [6.45, 7) is 6.67. The van der Waals surface area contributed by atoms with Crippen LogP contribution in [0.2, 0.25) is 0 Å². The molecule has 3 nitrogen and oxygen atoms in total. The highest BCUT2D eigenvalue weighted by atomic mass is 32.1. The maximum Gasteiger partial charge on any atom is 0.205 e. The van der Waals surface area contributed by atoms with Gasteiger partial charge in [0.1, 0.15) is 5.01 Å². The van der Waals surface area contributed by atoms with Gasteiger partial charge >= 0.3 is 0 Å². The zero-order valence-corrected chi connectivity index (χ0v) is 10.5. The quantitative estimate of drug-likeness (QED) is 0.840. The zero-order valence-electron chi connectivity index (χ0n) is 9.66. The van der Waals surface area contributed by atoms with E-state index in [0.717, 1.165) is 22.0 Å². The van der Waals surface area contributed by atoms with E-state index >= 15 is 0 Å².